The van der Waals surface area contributed by atoms with E-state index in [9.17, 15) is 10.1 Å². The van der Waals surface area contributed by atoms with E-state index in [1.165, 1.54) is 23.5 Å². The van der Waals surface area contributed by atoms with Crippen LogP contribution in [0, 0.1) is 10.1 Å². The molecule has 0 aliphatic heterocycles. The van der Waals surface area contributed by atoms with Gasteiger partial charge in [-0.1, -0.05) is 11.3 Å². The van der Waals surface area contributed by atoms with E-state index in [0.717, 1.165) is 21.5 Å². The van der Waals surface area contributed by atoms with Crippen LogP contribution in [0.5, 0.6) is 5.75 Å². The van der Waals surface area contributed by atoms with Crippen molar-refractivity contribution in [3.05, 3.63) is 77.1 Å². The average Bonchev–Trinajstić information content (AvgIpc) is 3.43. The van der Waals surface area contributed by atoms with Crippen molar-refractivity contribution in [2.45, 2.75) is 0 Å². The summed E-state index contributed by atoms with van der Waals surface area (Å²) in [6, 6.07) is 15.5. The highest BCUT2D eigenvalue weighted by Gasteiger charge is 2.18. The number of nitro benzene ring substituents is 1. The second-order valence-corrected chi connectivity index (χ2v) is 7.72. The number of aromatic nitrogens is 5. The van der Waals surface area contributed by atoms with Crippen LogP contribution >= 0.6 is 11.3 Å². The number of nitrogens with one attached hydrogen (secondary N) is 1. The zero-order chi connectivity index (χ0) is 22.1. The number of ether oxygens (including phenoxy) is 1. The molecule has 32 heavy (non-hydrogen) atoms. The Morgan fingerprint density at radius 3 is 2.53 bits per heavy atom. The topological polar surface area (TPSA) is 121 Å². The highest BCUT2D eigenvalue weighted by Crippen LogP contribution is 2.31. The Kier molecular flexibility index (Phi) is 4.92. The summed E-state index contributed by atoms with van der Waals surface area (Å²) in [4.78, 5) is 19.4. The number of methoxy groups -OCH3 is 1. The first-order valence-corrected chi connectivity index (χ1v) is 10.3. The normalized spacial score (nSPS) is 10.9. The number of nitro groups is 1. The maximum atomic E-state index is 11.0. The predicted octanol–water partition coefficient (Wildman–Crippen LogP) is 4.41. The van der Waals surface area contributed by atoms with Gasteiger partial charge in [-0.15, -0.1) is 10.2 Å². The molecule has 10 nitrogen and oxygen atoms in total. The lowest BCUT2D eigenvalue weighted by Crippen LogP contribution is -2.12. The van der Waals surface area contributed by atoms with Gasteiger partial charge in [0.25, 0.3) is 5.69 Å². The number of hydrogen-bond donors (Lipinski definition) is 1. The molecule has 0 saturated carbocycles. The standard InChI is InChI=1S/C21H15N7O3S/c1-31-16-8-9-17-18(11-16)32-21(23-17)26-27-19(13-4-6-15(7-5-13)28(29)30)24-25-20(27)14-3-2-10-22-12-14/h2-12H,1H3,(H,23,26). The summed E-state index contributed by atoms with van der Waals surface area (Å²) in [5.41, 5.74) is 5.52. The van der Waals surface area contributed by atoms with Crippen LogP contribution in [0.4, 0.5) is 10.8 Å². The van der Waals surface area contributed by atoms with Gasteiger partial charge in [0.15, 0.2) is 11.6 Å². The van der Waals surface area contributed by atoms with E-state index in [-0.39, 0.29) is 5.69 Å². The number of nitrogens with zero attached hydrogens (tertiary/aromatic N) is 6. The summed E-state index contributed by atoms with van der Waals surface area (Å²) in [7, 11) is 1.62. The number of thiazole rings is 1. The Morgan fingerprint density at radius 1 is 1.06 bits per heavy atom. The van der Waals surface area contributed by atoms with Crippen LogP contribution < -0.4 is 10.2 Å². The second kappa shape index (κ2) is 8.04. The van der Waals surface area contributed by atoms with E-state index in [1.807, 2.05) is 30.3 Å². The van der Waals surface area contributed by atoms with Gasteiger partial charge in [-0.2, -0.15) is 0 Å². The largest absolute Gasteiger partial charge is 0.497 e. The highest BCUT2D eigenvalue weighted by molar-refractivity contribution is 7.22. The quantitative estimate of drug-likeness (QED) is 0.301. The van der Waals surface area contributed by atoms with E-state index >= 15 is 0 Å². The van der Waals surface area contributed by atoms with Gasteiger partial charge in [0.1, 0.15) is 5.75 Å². The molecular weight excluding hydrogens is 430 g/mol. The number of pyridine rings is 1. The van der Waals surface area contributed by atoms with Crippen LogP contribution in [0.3, 0.4) is 0 Å². The minimum absolute atomic E-state index is 0.000350. The van der Waals surface area contributed by atoms with E-state index < -0.39 is 4.92 Å². The van der Waals surface area contributed by atoms with Crippen molar-refractivity contribution >= 4 is 32.4 Å². The third-order valence-electron chi connectivity index (χ3n) is 4.72. The van der Waals surface area contributed by atoms with Gasteiger partial charge < -0.3 is 4.74 Å². The summed E-state index contributed by atoms with van der Waals surface area (Å²) in [6.45, 7) is 0. The van der Waals surface area contributed by atoms with E-state index in [2.05, 4.69) is 25.6 Å². The molecule has 0 amide bonds. The molecule has 3 heterocycles. The van der Waals surface area contributed by atoms with Gasteiger partial charge in [-0.3, -0.25) is 20.5 Å². The predicted molar refractivity (Wildman–Crippen MR) is 121 cm³/mol. The Hall–Kier alpha value is -4.38. The van der Waals surface area contributed by atoms with Crippen molar-refractivity contribution in [2.75, 3.05) is 12.5 Å². The van der Waals surface area contributed by atoms with Crippen LogP contribution in [0.2, 0.25) is 0 Å². The average molecular weight is 445 g/mol. The minimum atomic E-state index is -0.441. The van der Waals surface area contributed by atoms with Crippen LogP contribution in [-0.2, 0) is 0 Å². The molecule has 1 N–H and O–H groups in total. The van der Waals surface area contributed by atoms with E-state index in [1.54, 1.807) is 36.3 Å². The molecule has 0 aliphatic rings. The molecule has 0 bridgehead atoms. The number of fused-ring (bicyclic) bond motifs is 1. The maximum Gasteiger partial charge on any atom is 0.269 e. The third-order valence-corrected chi connectivity index (χ3v) is 5.64. The second-order valence-electron chi connectivity index (χ2n) is 6.69. The van der Waals surface area contributed by atoms with E-state index in [0.29, 0.717) is 22.3 Å². The lowest BCUT2D eigenvalue weighted by Gasteiger charge is -2.10. The van der Waals surface area contributed by atoms with E-state index in [4.69, 9.17) is 4.74 Å². The smallest absolute Gasteiger partial charge is 0.269 e. The number of rotatable bonds is 6. The SMILES string of the molecule is COc1ccc2nc(Nn3c(-c4ccc([N+](=O)[O-])cc4)nnc3-c3cccnc3)sc2c1. The summed E-state index contributed by atoms with van der Waals surface area (Å²) < 4.78 is 7.96. The molecule has 0 fully saturated rings. The third kappa shape index (κ3) is 3.61. The Labute approximate surface area is 185 Å². The van der Waals surface area contributed by atoms with Crippen molar-refractivity contribution in [1.82, 2.24) is 24.8 Å². The van der Waals surface area contributed by atoms with Gasteiger partial charge in [0.2, 0.25) is 5.13 Å². The molecule has 11 heteroatoms. The molecule has 3 aromatic heterocycles. The van der Waals surface area contributed by atoms with Crippen molar-refractivity contribution in [2.24, 2.45) is 0 Å². The zero-order valence-corrected chi connectivity index (χ0v) is 17.5. The van der Waals surface area contributed by atoms with Crippen molar-refractivity contribution < 1.29 is 9.66 Å². The monoisotopic (exact) mass is 445 g/mol. The van der Waals surface area contributed by atoms with Crippen molar-refractivity contribution in [3.8, 4) is 28.5 Å². The summed E-state index contributed by atoms with van der Waals surface area (Å²) in [6.07, 6.45) is 3.36. The van der Waals surface area contributed by atoms with Gasteiger partial charge in [0, 0.05) is 35.7 Å². The molecule has 2 aromatic carbocycles. The first kappa shape index (κ1) is 19.6. The van der Waals surface area contributed by atoms with Crippen LogP contribution in [0.15, 0.2) is 67.0 Å². The number of anilines is 1. The van der Waals surface area contributed by atoms with Gasteiger partial charge in [-0.25, -0.2) is 9.66 Å². The maximum absolute atomic E-state index is 11.0. The molecule has 5 aromatic rings. The molecule has 0 spiro atoms. The molecule has 5 rings (SSSR count). The first-order valence-electron chi connectivity index (χ1n) is 9.44. The summed E-state index contributed by atoms with van der Waals surface area (Å²) in [5.74, 6) is 1.76. The van der Waals surface area contributed by atoms with Crippen LogP contribution in [0.25, 0.3) is 33.0 Å². The lowest BCUT2D eigenvalue weighted by atomic mass is 10.2. The Bertz CT molecular complexity index is 1410. The fourth-order valence-corrected chi connectivity index (χ4v) is 4.05. The van der Waals surface area contributed by atoms with Gasteiger partial charge in [0.05, 0.1) is 22.2 Å². The number of non-ortho nitro benzene ring substituents is 1. The lowest BCUT2D eigenvalue weighted by molar-refractivity contribution is -0.384. The minimum Gasteiger partial charge on any atom is -0.497 e. The summed E-state index contributed by atoms with van der Waals surface area (Å²) in [5, 5.41) is 20.3. The molecule has 0 unspecified atom stereocenters. The molecule has 0 saturated heterocycles. The molecule has 158 valence electrons. The fraction of sp³-hybridized carbons (Fsp3) is 0.0476. The van der Waals surface area contributed by atoms with Crippen molar-refractivity contribution in [3.63, 3.8) is 0 Å². The first-order chi connectivity index (χ1) is 15.6. The number of benzene rings is 2. The Morgan fingerprint density at radius 2 is 1.84 bits per heavy atom. The van der Waals surface area contributed by atoms with Crippen molar-refractivity contribution in [1.29, 1.82) is 0 Å². The zero-order valence-electron chi connectivity index (χ0n) is 16.7. The summed E-state index contributed by atoms with van der Waals surface area (Å²) >= 11 is 1.46. The number of hydrogen-bond acceptors (Lipinski definition) is 9. The fourth-order valence-electron chi connectivity index (χ4n) is 3.17. The molecule has 0 aliphatic carbocycles. The Balaban J connectivity index is 1.60. The van der Waals surface area contributed by atoms with Crippen LogP contribution in [0.1, 0.15) is 0 Å². The molecule has 0 radical (unpaired) electrons. The van der Waals surface area contributed by atoms with Gasteiger partial charge in [-0.05, 0) is 42.5 Å². The molecule has 0 atom stereocenters. The van der Waals surface area contributed by atoms with Crippen LogP contribution in [-0.4, -0.2) is 36.9 Å². The molecular formula is C21H15N7O3S. The van der Waals surface area contributed by atoms with Gasteiger partial charge >= 0.3 is 0 Å². The highest BCUT2D eigenvalue weighted by atomic mass is 32.1.